The second kappa shape index (κ2) is 7.78. The SMILES string of the molecule is CC1C=C(C=O)C=CC1OCCOCc1ccccc1. The molecule has 0 aromatic heterocycles. The fraction of sp³-hybridized carbons (Fsp3) is 0.353. The Hall–Kier alpha value is -1.71. The fourth-order valence-corrected chi connectivity index (χ4v) is 2.13. The molecule has 2 unspecified atom stereocenters. The van der Waals surface area contributed by atoms with Crippen LogP contribution in [0.15, 0.2) is 54.1 Å². The molecule has 1 aliphatic rings. The van der Waals surface area contributed by atoms with Crippen molar-refractivity contribution in [1.29, 1.82) is 0 Å². The predicted octanol–water partition coefficient (Wildman–Crippen LogP) is 2.92. The smallest absolute Gasteiger partial charge is 0.149 e. The molecule has 0 N–H and O–H groups in total. The molecule has 1 aliphatic carbocycles. The normalized spacial score (nSPS) is 21.6. The molecule has 2 atom stereocenters. The summed E-state index contributed by atoms with van der Waals surface area (Å²) < 4.78 is 11.3. The van der Waals surface area contributed by atoms with Crippen LogP contribution in [0.2, 0.25) is 0 Å². The molecule has 0 aliphatic heterocycles. The highest BCUT2D eigenvalue weighted by Gasteiger charge is 2.16. The molecular formula is C17H20O3. The van der Waals surface area contributed by atoms with Crippen LogP contribution in [0, 0.1) is 5.92 Å². The molecule has 0 saturated carbocycles. The summed E-state index contributed by atoms with van der Waals surface area (Å²) in [6, 6.07) is 10.1. The van der Waals surface area contributed by atoms with Gasteiger partial charge in [0.15, 0.2) is 0 Å². The number of benzene rings is 1. The number of hydrogen-bond donors (Lipinski definition) is 0. The van der Waals surface area contributed by atoms with Crippen LogP contribution < -0.4 is 0 Å². The second-order valence-electron chi connectivity index (χ2n) is 4.88. The van der Waals surface area contributed by atoms with E-state index in [0.29, 0.717) is 19.8 Å². The Labute approximate surface area is 119 Å². The molecule has 106 valence electrons. The topological polar surface area (TPSA) is 35.5 Å². The van der Waals surface area contributed by atoms with E-state index in [1.165, 1.54) is 0 Å². The number of allylic oxidation sites excluding steroid dienone is 2. The van der Waals surface area contributed by atoms with Crippen molar-refractivity contribution < 1.29 is 14.3 Å². The molecule has 0 bridgehead atoms. The lowest BCUT2D eigenvalue weighted by Crippen LogP contribution is -2.23. The van der Waals surface area contributed by atoms with Crippen molar-refractivity contribution in [2.45, 2.75) is 19.6 Å². The summed E-state index contributed by atoms with van der Waals surface area (Å²) in [7, 11) is 0. The molecule has 3 nitrogen and oxygen atoms in total. The van der Waals surface area contributed by atoms with Crippen LogP contribution in [0.1, 0.15) is 12.5 Å². The highest BCUT2D eigenvalue weighted by atomic mass is 16.5. The molecule has 0 spiro atoms. The van der Waals surface area contributed by atoms with Crippen molar-refractivity contribution in [3.8, 4) is 0 Å². The van der Waals surface area contributed by atoms with E-state index >= 15 is 0 Å². The maximum atomic E-state index is 10.7. The molecule has 0 saturated heterocycles. The maximum Gasteiger partial charge on any atom is 0.149 e. The van der Waals surface area contributed by atoms with Crippen LogP contribution >= 0.6 is 0 Å². The number of hydrogen-bond acceptors (Lipinski definition) is 3. The van der Waals surface area contributed by atoms with E-state index in [1.807, 2.05) is 55.5 Å². The summed E-state index contributed by atoms with van der Waals surface area (Å²) in [5, 5.41) is 0. The van der Waals surface area contributed by atoms with E-state index < -0.39 is 0 Å². The average molecular weight is 272 g/mol. The summed E-state index contributed by atoms with van der Waals surface area (Å²) in [5.74, 6) is 0.217. The standard InChI is InChI=1S/C17H20O3/c1-14-11-16(12-18)7-8-17(14)20-10-9-19-13-15-5-3-2-4-6-15/h2-8,11-12,14,17H,9-10,13H2,1H3. The third kappa shape index (κ3) is 4.44. The minimum absolute atomic E-state index is 0.0269. The van der Waals surface area contributed by atoms with Gasteiger partial charge >= 0.3 is 0 Å². The number of ether oxygens (including phenoxy) is 2. The number of rotatable bonds is 7. The van der Waals surface area contributed by atoms with Gasteiger partial charge in [0.25, 0.3) is 0 Å². The van der Waals surface area contributed by atoms with Gasteiger partial charge < -0.3 is 9.47 Å². The van der Waals surface area contributed by atoms with Gasteiger partial charge in [-0.1, -0.05) is 55.5 Å². The zero-order valence-electron chi connectivity index (χ0n) is 11.7. The van der Waals surface area contributed by atoms with Crippen molar-refractivity contribution in [1.82, 2.24) is 0 Å². The molecule has 1 aromatic carbocycles. The van der Waals surface area contributed by atoms with Crippen LogP contribution in [-0.2, 0) is 20.9 Å². The van der Waals surface area contributed by atoms with Crippen LogP contribution in [0.4, 0.5) is 0 Å². The maximum absolute atomic E-state index is 10.7. The molecule has 0 heterocycles. The van der Waals surface area contributed by atoms with Crippen molar-refractivity contribution in [2.24, 2.45) is 5.92 Å². The van der Waals surface area contributed by atoms with Gasteiger partial charge in [-0.25, -0.2) is 0 Å². The Morgan fingerprint density at radius 1 is 1.20 bits per heavy atom. The Kier molecular flexibility index (Phi) is 5.71. The zero-order chi connectivity index (χ0) is 14.2. The minimum Gasteiger partial charge on any atom is -0.374 e. The summed E-state index contributed by atoms with van der Waals surface area (Å²) in [6.07, 6.45) is 6.57. The summed E-state index contributed by atoms with van der Waals surface area (Å²) in [4.78, 5) is 10.7. The van der Waals surface area contributed by atoms with E-state index in [0.717, 1.165) is 17.4 Å². The Bertz CT molecular complexity index is 476. The lowest BCUT2D eigenvalue weighted by Gasteiger charge is -2.22. The largest absolute Gasteiger partial charge is 0.374 e. The first-order valence-corrected chi connectivity index (χ1v) is 6.88. The van der Waals surface area contributed by atoms with Gasteiger partial charge in [0, 0.05) is 11.5 Å². The molecule has 0 amide bonds. The number of aldehydes is 1. The van der Waals surface area contributed by atoms with Gasteiger partial charge in [-0.3, -0.25) is 4.79 Å². The van der Waals surface area contributed by atoms with E-state index in [1.54, 1.807) is 0 Å². The lowest BCUT2D eigenvalue weighted by atomic mass is 9.96. The molecule has 0 fully saturated rings. The molecule has 3 heteroatoms. The molecule has 0 radical (unpaired) electrons. The zero-order valence-corrected chi connectivity index (χ0v) is 11.7. The first-order chi connectivity index (χ1) is 9.79. The lowest BCUT2D eigenvalue weighted by molar-refractivity contribution is -0.104. The van der Waals surface area contributed by atoms with Crippen LogP contribution in [0.5, 0.6) is 0 Å². The predicted molar refractivity (Wildman–Crippen MR) is 78.3 cm³/mol. The quantitative estimate of drug-likeness (QED) is 0.565. The van der Waals surface area contributed by atoms with E-state index in [9.17, 15) is 4.79 Å². The molecule has 1 aromatic rings. The summed E-state index contributed by atoms with van der Waals surface area (Å²) >= 11 is 0. The van der Waals surface area contributed by atoms with Crippen molar-refractivity contribution in [3.63, 3.8) is 0 Å². The van der Waals surface area contributed by atoms with Gasteiger partial charge in [0.2, 0.25) is 0 Å². The van der Waals surface area contributed by atoms with Crippen LogP contribution in [0.25, 0.3) is 0 Å². The Balaban J connectivity index is 1.63. The third-order valence-electron chi connectivity index (χ3n) is 3.24. The Morgan fingerprint density at radius 2 is 2.00 bits per heavy atom. The summed E-state index contributed by atoms with van der Waals surface area (Å²) in [6.45, 7) is 3.77. The van der Waals surface area contributed by atoms with Crippen molar-refractivity contribution >= 4 is 6.29 Å². The van der Waals surface area contributed by atoms with Gasteiger partial charge in [-0.05, 0) is 5.56 Å². The number of carbonyl (C=O) groups excluding carboxylic acids is 1. The molecular weight excluding hydrogens is 252 g/mol. The third-order valence-corrected chi connectivity index (χ3v) is 3.24. The first-order valence-electron chi connectivity index (χ1n) is 6.88. The highest BCUT2D eigenvalue weighted by Crippen LogP contribution is 2.18. The minimum atomic E-state index is 0.0269. The van der Waals surface area contributed by atoms with Crippen LogP contribution in [0.3, 0.4) is 0 Å². The second-order valence-corrected chi connectivity index (χ2v) is 4.88. The van der Waals surface area contributed by atoms with Gasteiger partial charge in [-0.2, -0.15) is 0 Å². The highest BCUT2D eigenvalue weighted by molar-refractivity contribution is 5.78. The van der Waals surface area contributed by atoms with Gasteiger partial charge in [0.05, 0.1) is 25.9 Å². The van der Waals surface area contributed by atoms with E-state index in [-0.39, 0.29) is 12.0 Å². The van der Waals surface area contributed by atoms with Crippen LogP contribution in [-0.4, -0.2) is 25.6 Å². The molecule has 20 heavy (non-hydrogen) atoms. The average Bonchev–Trinajstić information content (AvgIpc) is 2.49. The summed E-state index contributed by atoms with van der Waals surface area (Å²) in [5.41, 5.74) is 1.88. The van der Waals surface area contributed by atoms with E-state index in [2.05, 4.69) is 0 Å². The fourth-order valence-electron chi connectivity index (χ4n) is 2.13. The van der Waals surface area contributed by atoms with Crippen molar-refractivity contribution in [2.75, 3.05) is 13.2 Å². The molecule has 2 rings (SSSR count). The number of carbonyl (C=O) groups is 1. The van der Waals surface area contributed by atoms with E-state index in [4.69, 9.17) is 9.47 Å². The van der Waals surface area contributed by atoms with Crippen molar-refractivity contribution in [3.05, 3.63) is 59.7 Å². The monoisotopic (exact) mass is 272 g/mol. The van der Waals surface area contributed by atoms with Gasteiger partial charge in [0.1, 0.15) is 6.29 Å². The Morgan fingerprint density at radius 3 is 2.70 bits per heavy atom. The first kappa shape index (κ1) is 14.7. The van der Waals surface area contributed by atoms with Gasteiger partial charge in [-0.15, -0.1) is 0 Å².